The molecule has 2 rings (SSSR count). The summed E-state index contributed by atoms with van der Waals surface area (Å²) < 4.78 is 0. The van der Waals surface area contributed by atoms with Gasteiger partial charge >= 0.3 is 17.8 Å². The van der Waals surface area contributed by atoms with Crippen LogP contribution in [0.1, 0.15) is 39.0 Å². The van der Waals surface area contributed by atoms with E-state index in [1.807, 2.05) is 6.92 Å². The maximum absolute atomic E-state index is 11.9. The van der Waals surface area contributed by atoms with Crippen LogP contribution in [0.3, 0.4) is 0 Å². The molecule has 2 aliphatic rings. The van der Waals surface area contributed by atoms with Crippen molar-refractivity contribution in [2.75, 3.05) is 0 Å². The number of hydrogen-bond acceptors (Lipinski definition) is 6. The SMILES string of the molecule is CCCC(CC(=O)O[NH+]1C(=O)CCC1=O)N1C(=O)C=CC1=O. The fourth-order valence-electron chi connectivity index (χ4n) is 2.50. The molecule has 2 aliphatic heterocycles. The number of rotatable bonds is 6. The molecular formula is C14H17N2O6+. The number of carbonyl (C=O) groups excluding carboxylic acids is 5. The van der Waals surface area contributed by atoms with Gasteiger partial charge in [-0.1, -0.05) is 13.3 Å². The summed E-state index contributed by atoms with van der Waals surface area (Å²) in [7, 11) is 0. The summed E-state index contributed by atoms with van der Waals surface area (Å²) in [6.07, 6.45) is 3.25. The van der Waals surface area contributed by atoms with Gasteiger partial charge in [-0.15, -0.1) is 0 Å². The van der Waals surface area contributed by atoms with E-state index < -0.39 is 40.7 Å². The summed E-state index contributed by atoms with van der Waals surface area (Å²) in [6, 6.07) is -0.639. The molecule has 0 spiro atoms. The van der Waals surface area contributed by atoms with Crippen LogP contribution in [0.4, 0.5) is 0 Å². The molecule has 118 valence electrons. The van der Waals surface area contributed by atoms with Crippen molar-refractivity contribution < 1.29 is 33.9 Å². The largest absolute Gasteiger partial charge is 0.370 e. The van der Waals surface area contributed by atoms with Crippen molar-refractivity contribution >= 4 is 29.6 Å². The third kappa shape index (κ3) is 3.28. The second kappa shape index (κ2) is 6.61. The highest BCUT2D eigenvalue weighted by molar-refractivity contribution is 6.13. The second-order valence-electron chi connectivity index (χ2n) is 5.18. The Kier molecular flexibility index (Phi) is 4.81. The van der Waals surface area contributed by atoms with Crippen LogP contribution >= 0.6 is 0 Å². The number of nitrogens with one attached hydrogen (secondary N) is 1. The fourth-order valence-corrected chi connectivity index (χ4v) is 2.50. The minimum Gasteiger partial charge on any atom is -0.272 e. The molecule has 1 fully saturated rings. The minimum atomic E-state index is -0.787. The maximum atomic E-state index is 11.9. The molecule has 0 aliphatic carbocycles. The van der Waals surface area contributed by atoms with E-state index in [4.69, 9.17) is 4.84 Å². The zero-order valence-electron chi connectivity index (χ0n) is 12.2. The average Bonchev–Trinajstić information content (AvgIpc) is 2.95. The van der Waals surface area contributed by atoms with E-state index >= 15 is 0 Å². The van der Waals surface area contributed by atoms with E-state index in [9.17, 15) is 24.0 Å². The molecule has 0 aromatic carbocycles. The number of nitrogens with zero attached hydrogens (tertiary/aromatic N) is 1. The van der Waals surface area contributed by atoms with Gasteiger partial charge in [0.2, 0.25) is 0 Å². The third-order valence-corrected chi connectivity index (χ3v) is 3.53. The van der Waals surface area contributed by atoms with Gasteiger partial charge in [0, 0.05) is 12.2 Å². The summed E-state index contributed by atoms with van der Waals surface area (Å²) in [6.45, 7) is 1.86. The Morgan fingerprint density at radius 1 is 1.18 bits per heavy atom. The maximum Gasteiger partial charge on any atom is 0.370 e. The molecule has 22 heavy (non-hydrogen) atoms. The Labute approximate surface area is 126 Å². The van der Waals surface area contributed by atoms with Gasteiger partial charge in [0.05, 0.1) is 25.3 Å². The van der Waals surface area contributed by atoms with E-state index in [2.05, 4.69) is 0 Å². The van der Waals surface area contributed by atoms with Gasteiger partial charge in [-0.2, -0.15) is 0 Å². The van der Waals surface area contributed by atoms with Gasteiger partial charge in [0.25, 0.3) is 11.8 Å². The fraction of sp³-hybridized carbons (Fsp3) is 0.500. The first-order valence-electron chi connectivity index (χ1n) is 7.13. The standard InChI is InChI=1S/C14H16N2O6/c1-2-3-9(15-10(17)4-5-11(15)18)8-14(21)22-16-12(19)6-7-13(16)20/h4-5,9H,2-3,6-8H2,1H3/p+1. The number of carbonyl (C=O) groups is 5. The highest BCUT2D eigenvalue weighted by Gasteiger charge is 2.41. The summed E-state index contributed by atoms with van der Waals surface area (Å²) in [5, 5.41) is -0.433. The summed E-state index contributed by atoms with van der Waals surface area (Å²) in [5.74, 6) is -2.71. The summed E-state index contributed by atoms with van der Waals surface area (Å²) in [4.78, 5) is 64.0. The molecule has 0 aromatic rings. The zero-order valence-corrected chi connectivity index (χ0v) is 12.2. The van der Waals surface area contributed by atoms with E-state index in [0.29, 0.717) is 12.8 Å². The molecule has 0 aromatic heterocycles. The van der Waals surface area contributed by atoms with Crippen molar-refractivity contribution in [2.45, 2.75) is 45.1 Å². The topological polar surface area (TPSA) is 102 Å². The highest BCUT2D eigenvalue weighted by atomic mass is 16.7. The van der Waals surface area contributed by atoms with Crippen LogP contribution in [0, 0.1) is 0 Å². The average molecular weight is 309 g/mol. The van der Waals surface area contributed by atoms with Crippen LogP contribution < -0.4 is 5.06 Å². The number of hydroxylamine groups is 2. The van der Waals surface area contributed by atoms with Crippen LogP contribution in [0.15, 0.2) is 12.2 Å². The van der Waals surface area contributed by atoms with Crippen molar-refractivity contribution in [1.82, 2.24) is 4.90 Å². The number of hydrogen-bond donors (Lipinski definition) is 1. The molecule has 0 saturated carbocycles. The summed E-state index contributed by atoms with van der Waals surface area (Å²) >= 11 is 0. The highest BCUT2D eigenvalue weighted by Crippen LogP contribution is 2.17. The van der Waals surface area contributed by atoms with E-state index in [1.54, 1.807) is 0 Å². The van der Waals surface area contributed by atoms with Gasteiger partial charge in [-0.25, -0.2) is 14.4 Å². The Balaban J connectivity index is 2.00. The monoisotopic (exact) mass is 309 g/mol. The Hall–Kier alpha value is -2.35. The Morgan fingerprint density at radius 2 is 1.73 bits per heavy atom. The van der Waals surface area contributed by atoms with Crippen LogP contribution in [-0.4, -0.2) is 40.5 Å². The smallest absolute Gasteiger partial charge is 0.272 e. The first-order chi connectivity index (χ1) is 10.4. The predicted molar refractivity (Wildman–Crippen MR) is 70.6 cm³/mol. The Bertz CT molecular complexity index is 534. The first kappa shape index (κ1) is 16.0. The lowest BCUT2D eigenvalue weighted by molar-refractivity contribution is -0.934. The molecule has 4 amide bonds. The van der Waals surface area contributed by atoms with Crippen molar-refractivity contribution in [3.8, 4) is 0 Å². The van der Waals surface area contributed by atoms with Gasteiger partial charge in [0.1, 0.15) is 0 Å². The van der Waals surface area contributed by atoms with Crippen molar-refractivity contribution in [1.29, 1.82) is 0 Å². The molecule has 0 radical (unpaired) electrons. The van der Waals surface area contributed by atoms with Gasteiger partial charge in [-0.05, 0) is 11.5 Å². The minimum absolute atomic E-state index is 0.0485. The van der Waals surface area contributed by atoms with Crippen LogP contribution in [-0.2, 0) is 28.8 Å². The number of amides is 4. The van der Waals surface area contributed by atoms with Gasteiger partial charge in [-0.3, -0.25) is 19.3 Å². The van der Waals surface area contributed by atoms with Crippen molar-refractivity contribution in [3.05, 3.63) is 12.2 Å². The van der Waals surface area contributed by atoms with E-state index in [1.165, 1.54) is 0 Å². The normalized spacial score (nSPS) is 20.1. The molecule has 0 bridgehead atoms. The van der Waals surface area contributed by atoms with Crippen LogP contribution in [0.5, 0.6) is 0 Å². The lowest BCUT2D eigenvalue weighted by Crippen LogP contribution is -3.14. The molecule has 8 heteroatoms. The Morgan fingerprint density at radius 3 is 2.23 bits per heavy atom. The number of imide groups is 2. The number of quaternary nitrogens is 1. The quantitative estimate of drug-likeness (QED) is 0.609. The van der Waals surface area contributed by atoms with Crippen LogP contribution in [0.2, 0.25) is 0 Å². The van der Waals surface area contributed by atoms with E-state index in [0.717, 1.165) is 17.1 Å². The van der Waals surface area contributed by atoms with Gasteiger partial charge < -0.3 is 0 Å². The molecule has 2 heterocycles. The second-order valence-corrected chi connectivity index (χ2v) is 5.18. The predicted octanol–water partition coefficient (Wildman–Crippen LogP) is -1.34. The molecule has 1 unspecified atom stereocenters. The summed E-state index contributed by atoms with van der Waals surface area (Å²) in [5.41, 5.74) is 0. The lowest BCUT2D eigenvalue weighted by Gasteiger charge is -2.24. The molecular weight excluding hydrogens is 292 g/mol. The van der Waals surface area contributed by atoms with Gasteiger partial charge in [0.15, 0.2) is 0 Å². The van der Waals surface area contributed by atoms with Crippen LogP contribution in [0.25, 0.3) is 0 Å². The zero-order chi connectivity index (χ0) is 16.3. The molecule has 8 nitrogen and oxygen atoms in total. The molecule has 1 atom stereocenters. The molecule has 1 N–H and O–H groups in total. The first-order valence-corrected chi connectivity index (χ1v) is 7.13. The van der Waals surface area contributed by atoms with Crippen molar-refractivity contribution in [3.63, 3.8) is 0 Å². The third-order valence-electron chi connectivity index (χ3n) is 3.53. The van der Waals surface area contributed by atoms with Crippen molar-refractivity contribution in [2.24, 2.45) is 0 Å². The lowest BCUT2D eigenvalue weighted by atomic mass is 10.1. The molecule has 1 saturated heterocycles. The van der Waals surface area contributed by atoms with E-state index in [-0.39, 0.29) is 19.3 Å².